The van der Waals surface area contributed by atoms with E-state index in [1.807, 2.05) is 37.4 Å². The SMILES string of the molecule is CSc1cccc(C(=O)Cl)c1COc1cccnc1C. The molecule has 3 nitrogen and oxygen atoms in total. The third kappa shape index (κ3) is 3.32. The Morgan fingerprint density at radius 2 is 2.15 bits per heavy atom. The maximum Gasteiger partial charge on any atom is 0.252 e. The summed E-state index contributed by atoms with van der Waals surface area (Å²) in [6.45, 7) is 2.17. The summed E-state index contributed by atoms with van der Waals surface area (Å²) in [7, 11) is 0. The molecule has 0 N–H and O–H groups in total. The van der Waals surface area contributed by atoms with E-state index in [-0.39, 0.29) is 6.61 Å². The molecule has 2 aromatic rings. The maximum absolute atomic E-state index is 11.5. The second-order valence-electron chi connectivity index (χ2n) is 4.14. The molecule has 0 bridgehead atoms. The molecule has 0 spiro atoms. The number of rotatable bonds is 5. The molecule has 0 fully saturated rings. The molecule has 0 aliphatic rings. The lowest BCUT2D eigenvalue weighted by molar-refractivity contribution is 0.107. The summed E-state index contributed by atoms with van der Waals surface area (Å²) in [6.07, 6.45) is 3.67. The number of hydrogen-bond donors (Lipinski definition) is 0. The van der Waals surface area contributed by atoms with Crippen LogP contribution in [0.5, 0.6) is 5.75 Å². The van der Waals surface area contributed by atoms with Crippen molar-refractivity contribution in [3.8, 4) is 5.75 Å². The molecule has 0 saturated heterocycles. The van der Waals surface area contributed by atoms with Crippen LogP contribution in [0.4, 0.5) is 0 Å². The molecule has 0 saturated carbocycles. The lowest BCUT2D eigenvalue weighted by atomic mass is 10.1. The highest BCUT2D eigenvalue weighted by atomic mass is 35.5. The summed E-state index contributed by atoms with van der Waals surface area (Å²) in [5, 5.41) is -0.470. The van der Waals surface area contributed by atoms with Gasteiger partial charge in [0.15, 0.2) is 0 Å². The van der Waals surface area contributed by atoms with Crippen LogP contribution in [0.15, 0.2) is 41.4 Å². The van der Waals surface area contributed by atoms with Gasteiger partial charge < -0.3 is 4.74 Å². The van der Waals surface area contributed by atoms with Crippen LogP contribution in [-0.4, -0.2) is 16.5 Å². The number of benzene rings is 1. The fourth-order valence-corrected chi connectivity index (χ4v) is 2.67. The van der Waals surface area contributed by atoms with Gasteiger partial charge in [0.25, 0.3) is 5.24 Å². The Labute approximate surface area is 127 Å². The van der Waals surface area contributed by atoms with Gasteiger partial charge in [0.05, 0.1) is 5.69 Å². The lowest BCUT2D eigenvalue weighted by Gasteiger charge is -2.13. The summed E-state index contributed by atoms with van der Waals surface area (Å²) < 4.78 is 5.77. The van der Waals surface area contributed by atoms with Gasteiger partial charge in [-0.3, -0.25) is 9.78 Å². The number of pyridine rings is 1. The predicted octanol–water partition coefficient (Wildman–Crippen LogP) is 4.07. The van der Waals surface area contributed by atoms with Crippen molar-refractivity contribution in [2.75, 3.05) is 6.26 Å². The number of carbonyl (C=O) groups is 1. The molecule has 2 rings (SSSR count). The fourth-order valence-electron chi connectivity index (χ4n) is 1.86. The Kier molecular flexibility index (Phi) is 5.04. The van der Waals surface area contributed by atoms with E-state index in [9.17, 15) is 4.79 Å². The summed E-state index contributed by atoms with van der Waals surface area (Å²) in [6, 6.07) is 9.15. The van der Waals surface area contributed by atoms with Crippen LogP contribution in [0.3, 0.4) is 0 Å². The summed E-state index contributed by atoms with van der Waals surface area (Å²) in [5.74, 6) is 0.705. The van der Waals surface area contributed by atoms with Crippen molar-refractivity contribution >= 4 is 28.6 Å². The van der Waals surface area contributed by atoms with Crippen LogP contribution < -0.4 is 4.74 Å². The molecular formula is C15H14ClNO2S. The number of nitrogens with zero attached hydrogens (tertiary/aromatic N) is 1. The van der Waals surface area contributed by atoms with E-state index < -0.39 is 5.24 Å². The first kappa shape index (κ1) is 14.9. The third-order valence-corrected chi connectivity index (χ3v) is 3.92. The quantitative estimate of drug-likeness (QED) is 0.616. The largest absolute Gasteiger partial charge is 0.487 e. The highest BCUT2D eigenvalue weighted by Gasteiger charge is 2.14. The van der Waals surface area contributed by atoms with Crippen LogP contribution in [0.25, 0.3) is 0 Å². The second-order valence-corrected chi connectivity index (χ2v) is 5.33. The number of aryl methyl sites for hydroxylation is 1. The van der Waals surface area contributed by atoms with Gasteiger partial charge in [-0.1, -0.05) is 6.07 Å². The molecule has 0 aliphatic carbocycles. The minimum Gasteiger partial charge on any atom is -0.487 e. The van der Waals surface area contributed by atoms with Gasteiger partial charge in [0.1, 0.15) is 12.4 Å². The monoisotopic (exact) mass is 307 g/mol. The van der Waals surface area contributed by atoms with Crippen molar-refractivity contribution in [2.45, 2.75) is 18.4 Å². The van der Waals surface area contributed by atoms with E-state index in [0.717, 1.165) is 16.2 Å². The topological polar surface area (TPSA) is 39.2 Å². The molecule has 1 aromatic heterocycles. The average molecular weight is 308 g/mol. The van der Waals surface area contributed by atoms with E-state index in [1.165, 1.54) is 0 Å². The van der Waals surface area contributed by atoms with Crippen LogP contribution in [0.2, 0.25) is 0 Å². The fraction of sp³-hybridized carbons (Fsp3) is 0.200. The number of halogens is 1. The van der Waals surface area contributed by atoms with Crippen molar-refractivity contribution in [3.63, 3.8) is 0 Å². The van der Waals surface area contributed by atoms with Gasteiger partial charge in [-0.15, -0.1) is 11.8 Å². The minimum absolute atomic E-state index is 0.289. The molecular weight excluding hydrogens is 294 g/mol. The van der Waals surface area contributed by atoms with Gasteiger partial charge in [-0.25, -0.2) is 0 Å². The molecule has 0 radical (unpaired) electrons. The first-order valence-electron chi connectivity index (χ1n) is 6.03. The number of ether oxygens (including phenoxy) is 1. The van der Waals surface area contributed by atoms with E-state index in [1.54, 1.807) is 24.0 Å². The zero-order chi connectivity index (χ0) is 14.5. The molecule has 104 valence electrons. The second kappa shape index (κ2) is 6.77. The summed E-state index contributed by atoms with van der Waals surface area (Å²) >= 11 is 7.19. The van der Waals surface area contributed by atoms with E-state index in [2.05, 4.69) is 4.98 Å². The maximum atomic E-state index is 11.5. The Balaban J connectivity index is 2.29. The Morgan fingerprint density at radius 1 is 1.35 bits per heavy atom. The normalized spacial score (nSPS) is 10.3. The molecule has 0 unspecified atom stereocenters. The standard InChI is InChI=1S/C15H14ClNO2S/c1-10-13(6-4-8-17-10)19-9-12-11(15(16)18)5-3-7-14(12)20-2/h3-8H,9H2,1-2H3. The Morgan fingerprint density at radius 3 is 2.80 bits per heavy atom. The van der Waals surface area contributed by atoms with Crippen molar-refractivity contribution in [1.29, 1.82) is 0 Å². The Hall–Kier alpha value is -1.52. The first-order chi connectivity index (χ1) is 9.63. The molecule has 0 amide bonds. The number of thioether (sulfide) groups is 1. The number of aromatic nitrogens is 1. The van der Waals surface area contributed by atoms with Crippen molar-refractivity contribution in [3.05, 3.63) is 53.3 Å². The van der Waals surface area contributed by atoms with Crippen LogP contribution in [0, 0.1) is 6.92 Å². The predicted molar refractivity (Wildman–Crippen MR) is 81.7 cm³/mol. The summed E-state index contributed by atoms with van der Waals surface area (Å²) in [5.41, 5.74) is 2.11. The van der Waals surface area contributed by atoms with Gasteiger partial charge in [0, 0.05) is 22.2 Å². The minimum atomic E-state index is -0.470. The van der Waals surface area contributed by atoms with Crippen molar-refractivity contribution < 1.29 is 9.53 Å². The number of carbonyl (C=O) groups excluding carboxylic acids is 1. The highest BCUT2D eigenvalue weighted by Crippen LogP contribution is 2.26. The lowest BCUT2D eigenvalue weighted by Crippen LogP contribution is -2.05. The molecule has 0 aliphatic heterocycles. The molecule has 20 heavy (non-hydrogen) atoms. The average Bonchev–Trinajstić information content (AvgIpc) is 2.46. The van der Waals surface area contributed by atoms with E-state index >= 15 is 0 Å². The molecule has 0 atom stereocenters. The third-order valence-electron chi connectivity index (χ3n) is 2.90. The first-order valence-corrected chi connectivity index (χ1v) is 7.64. The zero-order valence-corrected chi connectivity index (χ0v) is 12.8. The smallest absolute Gasteiger partial charge is 0.252 e. The van der Waals surface area contributed by atoms with Crippen molar-refractivity contribution in [2.24, 2.45) is 0 Å². The number of hydrogen-bond acceptors (Lipinski definition) is 4. The zero-order valence-electron chi connectivity index (χ0n) is 11.2. The van der Waals surface area contributed by atoms with Gasteiger partial charge in [-0.2, -0.15) is 0 Å². The van der Waals surface area contributed by atoms with E-state index in [4.69, 9.17) is 16.3 Å². The van der Waals surface area contributed by atoms with Crippen LogP contribution in [-0.2, 0) is 6.61 Å². The Bertz CT molecular complexity index is 631. The van der Waals surface area contributed by atoms with Crippen molar-refractivity contribution in [1.82, 2.24) is 4.98 Å². The highest BCUT2D eigenvalue weighted by molar-refractivity contribution is 7.98. The summed E-state index contributed by atoms with van der Waals surface area (Å²) in [4.78, 5) is 16.7. The molecule has 5 heteroatoms. The van der Waals surface area contributed by atoms with Gasteiger partial charge in [-0.05, 0) is 49.0 Å². The van der Waals surface area contributed by atoms with Gasteiger partial charge >= 0.3 is 0 Å². The van der Waals surface area contributed by atoms with Gasteiger partial charge in [0.2, 0.25) is 0 Å². The van der Waals surface area contributed by atoms with Crippen LogP contribution in [0.1, 0.15) is 21.6 Å². The van der Waals surface area contributed by atoms with E-state index in [0.29, 0.717) is 11.3 Å². The van der Waals surface area contributed by atoms with Crippen LogP contribution >= 0.6 is 23.4 Å². The molecule has 1 aromatic carbocycles. The molecule has 1 heterocycles.